The summed E-state index contributed by atoms with van der Waals surface area (Å²) in [5, 5.41) is 11.5. The summed E-state index contributed by atoms with van der Waals surface area (Å²) in [5.41, 5.74) is 6.88. The van der Waals surface area contributed by atoms with Gasteiger partial charge in [0.25, 0.3) is 0 Å². The normalized spacial score (nSPS) is 16.0. The van der Waals surface area contributed by atoms with Gasteiger partial charge in [0.1, 0.15) is 11.2 Å². The van der Waals surface area contributed by atoms with Crippen LogP contribution in [0.25, 0.3) is 33.2 Å². The third-order valence-corrected chi connectivity index (χ3v) is 7.77. The van der Waals surface area contributed by atoms with E-state index in [9.17, 15) is 9.90 Å². The maximum Gasteiger partial charge on any atom is 0.161 e. The zero-order valence-electron chi connectivity index (χ0n) is 24.3. The molecule has 2 heterocycles. The number of hydrogen-bond acceptors (Lipinski definition) is 4. The van der Waals surface area contributed by atoms with Gasteiger partial charge in [-0.15, -0.1) is 35.9 Å². The predicted octanol–water partition coefficient (Wildman–Crippen LogP) is 9.10. The smallest absolute Gasteiger partial charge is 0.161 e. The summed E-state index contributed by atoms with van der Waals surface area (Å²) >= 11 is 0. The second kappa shape index (κ2) is 11.8. The van der Waals surface area contributed by atoms with Gasteiger partial charge in [-0.05, 0) is 53.0 Å². The second-order valence-electron chi connectivity index (χ2n) is 12.4. The van der Waals surface area contributed by atoms with E-state index in [1.54, 1.807) is 0 Å². The molecule has 2 aromatic carbocycles. The SMILES string of the molecule is CC(C)C(=O)/C=C(\O)C(C)C.CC1(C)CCC(C)(C)c2cc3c(cc21)oc1c(-c2[c-]cccc2)nccc13.[Ir]. The van der Waals surface area contributed by atoms with Gasteiger partial charge in [-0.25, -0.2) is 0 Å². The Bertz CT molecular complexity index is 1490. The van der Waals surface area contributed by atoms with E-state index in [0.717, 1.165) is 27.8 Å². The molecule has 209 valence electrons. The van der Waals surface area contributed by atoms with Crippen LogP contribution in [0.3, 0.4) is 0 Å². The van der Waals surface area contributed by atoms with E-state index in [4.69, 9.17) is 4.42 Å². The van der Waals surface area contributed by atoms with E-state index in [1.807, 2.05) is 58.2 Å². The zero-order chi connectivity index (χ0) is 27.8. The van der Waals surface area contributed by atoms with Crippen LogP contribution in [-0.4, -0.2) is 15.9 Å². The molecule has 0 amide bonds. The van der Waals surface area contributed by atoms with Gasteiger partial charge < -0.3 is 14.5 Å². The third kappa shape index (κ3) is 6.36. The van der Waals surface area contributed by atoms with Gasteiger partial charge in [-0.2, -0.15) is 0 Å². The average Bonchev–Trinajstić information content (AvgIpc) is 3.25. The summed E-state index contributed by atoms with van der Waals surface area (Å²) in [7, 11) is 0. The van der Waals surface area contributed by atoms with Crippen molar-refractivity contribution in [3.8, 4) is 11.3 Å². The minimum atomic E-state index is -0.0316. The molecule has 0 aliphatic heterocycles. The molecule has 0 saturated carbocycles. The topological polar surface area (TPSA) is 63.3 Å². The molecule has 1 N–H and O–H groups in total. The van der Waals surface area contributed by atoms with Gasteiger partial charge in [-0.3, -0.25) is 4.79 Å². The molecular weight excluding hydrogens is 663 g/mol. The Labute approximate surface area is 246 Å². The van der Waals surface area contributed by atoms with Crippen molar-refractivity contribution in [3.05, 3.63) is 77.7 Å². The number of allylic oxidation sites excluding steroid dienone is 2. The van der Waals surface area contributed by atoms with E-state index in [2.05, 4.69) is 56.9 Å². The van der Waals surface area contributed by atoms with Crippen LogP contribution in [0, 0.1) is 17.9 Å². The fourth-order valence-electron chi connectivity index (χ4n) is 4.97. The van der Waals surface area contributed by atoms with Crippen molar-refractivity contribution in [2.45, 2.75) is 79.1 Å². The molecule has 0 saturated heterocycles. The quantitative estimate of drug-likeness (QED) is 0.131. The first-order valence-electron chi connectivity index (χ1n) is 13.6. The predicted molar refractivity (Wildman–Crippen MR) is 156 cm³/mol. The minimum Gasteiger partial charge on any atom is -0.512 e. The monoisotopic (exact) mass is 703 g/mol. The number of aromatic nitrogens is 1. The number of fused-ring (bicyclic) bond motifs is 4. The van der Waals surface area contributed by atoms with Crippen molar-refractivity contribution < 1.29 is 34.4 Å². The molecule has 39 heavy (non-hydrogen) atoms. The molecule has 0 bridgehead atoms. The second-order valence-corrected chi connectivity index (χ2v) is 12.4. The minimum absolute atomic E-state index is 0. The molecule has 0 unspecified atom stereocenters. The van der Waals surface area contributed by atoms with Crippen molar-refractivity contribution in [1.29, 1.82) is 0 Å². The van der Waals surface area contributed by atoms with Crippen LogP contribution in [0.1, 0.15) is 79.4 Å². The molecule has 0 atom stereocenters. The van der Waals surface area contributed by atoms with Gasteiger partial charge in [0, 0.05) is 60.7 Å². The molecule has 5 heteroatoms. The number of rotatable bonds is 4. The number of aliphatic hydroxyl groups is 1. The average molecular weight is 703 g/mol. The van der Waals surface area contributed by atoms with Crippen LogP contribution in [0.15, 0.2) is 64.9 Å². The zero-order valence-corrected chi connectivity index (χ0v) is 26.7. The standard InChI is InChI=1S/C25H24NO.C9H16O2.Ir/c1-24(2)11-12-25(3,4)20-15-21-18(14-19(20)24)17-10-13-26-22(23(17)27-21)16-8-6-5-7-9-16;1-6(2)8(10)5-9(11)7(3)4;/h5-8,10,13-15H,11-12H2,1-4H3;5-7,10H,1-4H3;/q-1;;/b;8-5-;. The Hall–Kier alpha value is -2.75. The van der Waals surface area contributed by atoms with E-state index < -0.39 is 0 Å². The summed E-state index contributed by atoms with van der Waals surface area (Å²) in [5.74, 6) is 0.161. The van der Waals surface area contributed by atoms with Gasteiger partial charge in [0.05, 0.1) is 5.76 Å². The van der Waals surface area contributed by atoms with Crippen molar-refractivity contribution >= 4 is 27.7 Å². The van der Waals surface area contributed by atoms with Crippen LogP contribution in [0.4, 0.5) is 0 Å². The molecule has 1 aliphatic carbocycles. The Balaban J connectivity index is 0.000000301. The van der Waals surface area contributed by atoms with Crippen LogP contribution in [-0.2, 0) is 35.7 Å². The first kappa shape index (κ1) is 30.8. The Morgan fingerprint density at radius 1 is 0.974 bits per heavy atom. The molecule has 4 aromatic rings. The number of furan rings is 1. The number of carbonyl (C=O) groups excluding carboxylic acids is 1. The van der Waals surface area contributed by atoms with Crippen molar-refractivity contribution in [1.82, 2.24) is 4.98 Å². The maximum absolute atomic E-state index is 11.0. The summed E-state index contributed by atoms with van der Waals surface area (Å²) < 4.78 is 6.38. The third-order valence-electron chi connectivity index (χ3n) is 7.77. The van der Waals surface area contributed by atoms with Crippen molar-refractivity contribution in [2.75, 3.05) is 0 Å². The molecule has 1 radical (unpaired) electrons. The van der Waals surface area contributed by atoms with E-state index in [-0.39, 0.29) is 54.3 Å². The van der Waals surface area contributed by atoms with Gasteiger partial charge in [0.15, 0.2) is 5.78 Å². The van der Waals surface area contributed by atoms with Crippen LogP contribution in [0.2, 0.25) is 0 Å². The van der Waals surface area contributed by atoms with Gasteiger partial charge in [0.2, 0.25) is 0 Å². The first-order valence-corrected chi connectivity index (χ1v) is 13.6. The molecule has 4 nitrogen and oxygen atoms in total. The maximum atomic E-state index is 11.0. The van der Waals surface area contributed by atoms with Crippen molar-refractivity contribution in [2.24, 2.45) is 11.8 Å². The van der Waals surface area contributed by atoms with Crippen LogP contribution in [0.5, 0.6) is 0 Å². The Kier molecular flexibility index (Phi) is 9.30. The summed E-state index contributed by atoms with van der Waals surface area (Å²) in [6.07, 6.45) is 5.60. The molecule has 0 fully saturated rings. The number of ketones is 1. The molecule has 2 aromatic heterocycles. The van der Waals surface area contributed by atoms with Gasteiger partial charge >= 0.3 is 0 Å². The largest absolute Gasteiger partial charge is 0.512 e. The first-order chi connectivity index (χ1) is 17.8. The number of benzene rings is 2. The Morgan fingerprint density at radius 2 is 1.62 bits per heavy atom. The number of nitrogens with zero attached hydrogens (tertiary/aromatic N) is 1. The van der Waals surface area contributed by atoms with Crippen LogP contribution < -0.4 is 0 Å². The Morgan fingerprint density at radius 3 is 2.18 bits per heavy atom. The molecular formula is C34H40IrNO3-. The number of carbonyl (C=O) groups is 1. The van der Waals surface area contributed by atoms with Crippen LogP contribution >= 0.6 is 0 Å². The number of aliphatic hydroxyl groups excluding tert-OH is 1. The van der Waals surface area contributed by atoms with E-state index >= 15 is 0 Å². The summed E-state index contributed by atoms with van der Waals surface area (Å²) in [6, 6.07) is 17.9. The molecule has 1 aliphatic rings. The number of pyridine rings is 1. The molecule has 0 spiro atoms. The number of hydrogen-bond donors (Lipinski definition) is 1. The van der Waals surface area contributed by atoms with E-state index in [1.165, 1.54) is 35.4 Å². The fraction of sp³-hybridized carbons (Fsp3) is 0.412. The van der Waals surface area contributed by atoms with E-state index in [0.29, 0.717) is 0 Å². The summed E-state index contributed by atoms with van der Waals surface area (Å²) in [6.45, 7) is 16.7. The van der Waals surface area contributed by atoms with Gasteiger partial charge in [-0.1, -0.05) is 55.4 Å². The van der Waals surface area contributed by atoms with Crippen molar-refractivity contribution in [3.63, 3.8) is 0 Å². The molecule has 5 rings (SSSR count). The fourth-order valence-corrected chi connectivity index (χ4v) is 4.97. The summed E-state index contributed by atoms with van der Waals surface area (Å²) in [4.78, 5) is 15.6.